The third kappa shape index (κ3) is 2.19. The van der Waals surface area contributed by atoms with E-state index in [-0.39, 0.29) is 11.8 Å². The minimum Gasteiger partial charge on any atom is -0.336 e. The monoisotopic (exact) mass is 215 g/mol. The number of hydrogen-bond acceptors (Lipinski definition) is 3. The second kappa shape index (κ2) is 4.75. The molecule has 0 saturated carbocycles. The van der Waals surface area contributed by atoms with E-state index in [9.17, 15) is 4.79 Å². The SMILES string of the molecule is N#CC1CCCN(C(=O)c2ccccn2)C1. The lowest BCUT2D eigenvalue weighted by Gasteiger charge is -2.29. The van der Waals surface area contributed by atoms with Crippen molar-refractivity contribution in [2.75, 3.05) is 13.1 Å². The molecule has 1 amide bonds. The average molecular weight is 215 g/mol. The van der Waals surface area contributed by atoms with Crippen LogP contribution in [0.2, 0.25) is 0 Å². The molecule has 1 saturated heterocycles. The van der Waals surface area contributed by atoms with Gasteiger partial charge in [0.15, 0.2) is 0 Å². The molecule has 4 heteroatoms. The summed E-state index contributed by atoms with van der Waals surface area (Å²) in [6.45, 7) is 1.26. The first-order chi connectivity index (χ1) is 7.81. The lowest BCUT2D eigenvalue weighted by atomic mass is 9.99. The standard InChI is InChI=1S/C12H13N3O/c13-8-10-4-3-7-15(9-10)12(16)11-5-1-2-6-14-11/h1-2,5-6,10H,3-4,7,9H2. The van der Waals surface area contributed by atoms with Crippen LogP contribution in [-0.4, -0.2) is 28.9 Å². The molecular formula is C12H13N3O. The zero-order valence-corrected chi connectivity index (χ0v) is 8.97. The van der Waals surface area contributed by atoms with Gasteiger partial charge in [-0.3, -0.25) is 9.78 Å². The summed E-state index contributed by atoms with van der Waals surface area (Å²) < 4.78 is 0. The highest BCUT2D eigenvalue weighted by molar-refractivity contribution is 5.92. The molecule has 1 unspecified atom stereocenters. The molecule has 4 nitrogen and oxygen atoms in total. The molecule has 0 bridgehead atoms. The number of pyridine rings is 1. The van der Waals surface area contributed by atoms with Crippen molar-refractivity contribution in [1.29, 1.82) is 5.26 Å². The van der Waals surface area contributed by atoms with E-state index in [0.29, 0.717) is 12.2 Å². The lowest BCUT2D eigenvalue weighted by molar-refractivity contribution is 0.0693. The number of nitriles is 1. The van der Waals surface area contributed by atoms with Crippen LogP contribution in [0.5, 0.6) is 0 Å². The average Bonchev–Trinajstić information content (AvgIpc) is 2.39. The third-order valence-electron chi connectivity index (χ3n) is 2.78. The number of likely N-dealkylation sites (tertiary alicyclic amines) is 1. The molecule has 1 atom stereocenters. The van der Waals surface area contributed by atoms with Crippen molar-refractivity contribution < 1.29 is 4.79 Å². The molecule has 1 aliphatic heterocycles. The maximum Gasteiger partial charge on any atom is 0.272 e. The fourth-order valence-corrected chi connectivity index (χ4v) is 1.92. The minimum atomic E-state index is -0.0689. The van der Waals surface area contributed by atoms with Crippen LogP contribution in [0.1, 0.15) is 23.3 Å². The van der Waals surface area contributed by atoms with Crippen LogP contribution < -0.4 is 0 Å². The van der Waals surface area contributed by atoms with Crippen molar-refractivity contribution >= 4 is 5.91 Å². The molecule has 0 N–H and O–H groups in total. The van der Waals surface area contributed by atoms with E-state index >= 15 is 0 Å². The Labute approximate surface area is 94.5 Å². The fourth-order valence-electron chi connectivity index (χ4n) is 1.92. The van der Waals surface area contributed by atoms with Gasteiger partial charge < -0.3 is 4.90 Å². The number of amides is 1. The topological polar surface area (TPSA) is 57.0 Å². The molecular weight excluding hydrogens is 202 g/mol. The molecule has 1 aliphatic rings. The number of piperidine rings is 1. The summed E-state index contributed by atoms with van der Waals surface area (Å²) in [5, 5.41) is 8.86. The van der Waals surface area contributed by atoms with Gasteiger partial charge in [-0.1, -0.05) is 6.07 Å². The van der Waals surface area contributed by atoms with Crippen molar-refractivity contribution in [1.82, 2.24) is 9.88 Å². The Morgan fingerprint density at radius 1 is 1.56 bits per heavy atom. The summed E-state index contributed by atoms with van der Waals surface area (Å²) in [5.41, 5.74) is 0.459. The van der Waals surface area contributed by atoms with Gasteiger partial charge >= 0.3 is 0 Å². The van der Waals surface area contributed by atoms with Gasteiger partial charge in [0.2, 0.25) is 0 Å². The summed E-state index contributed by atoms with van der Waals surface area (Å²) in [5.74, 6) is -0.0954. The summed E-state index contributed by atoms with van der Waals surface area (Å²) in [7, 11) is 0. The molecule has 1 aromatic rings. The predicted molar refractivity (Wildman–Crippen MR) is 58.5 cm³/mol. The molecule has 0 aromatic carbocycles. The van der Waals surface area contributed by atoms with Gasteiger partial charge in [0, 0.05) is 19.3 Å². The first-order valence-electron chi connectivity index (χ1n) is 5.41. The zero-order valence-electron chi connectivity index (χ0n) is 8.97. The summed E-state index contributed by atoms with van der Waals surface area (Å²) in [6.07, 6.45) is 3.40. The lowest BCUT2D eigenvalue weighted by Crippen LogP contribution is -2.39. The van der Waals surface area contributed by atoms with E-state index in [1.165, 1.54) is 0 Å². The van der Waals surface area contributed by atoms with E-state index in [0.717, 1.165) is 19.4 Å². The van der Waals surface area contributed by atoms with Gasteiger partial charge in [-0.25, -0.2) is 0 Å². The second-order valence-electron chi connectivity index (χ2n) is 3.93. The number of rotatable bonds is 1. The quantitative estimate of drug-likeness (QED) is 0.712. The Hall–Kier alpha value is -1.89. The molecule has 0 aliphatic carbocycles. The largest absolute Gasteiger partial charge is 0.336 e. The van der Waals surface area contributed by atoms with Crippen LogP contribution in [0.25, 0.3) is 0 Å². The van der Waals surface area contributed by atoms with E-state index in [1.54, 1.807) is 29.3 Å². The van der Waals surface area contributed by atoms with Crippen LogP contribution in [0.3, 0.4) is 0 Å². The summed E-state index contributed by atoms with van der Waals surface area (Å²) in [6, 6.07) is 7.51. The highest BCUT2D eigenvalue weighted by Crippen LogP contribution is 2.17. The van der Waals surface area contributed by atoms with Gasteiger partial charge in [-0.2, -0.15) is 5.26 Å². The second-order valence-corrected chi connectivity index (χ2v) is 3.93. The molecule has 82 valence electrons. The highest BCUT2D eigenvalue weighted by atomic mass is 16.2. The van der Waals surface area contributed by atoms with Crippen molar-refractivity contribution in [2.24, 2.45) is 5.92 Å². The number of aromatic nitrogens is 1. The van der Waals surface area contributed by atoms with Crippen molar-refractivity contribution in [3.8, 4) is 6.07 Å². The van der Waals surface area contributed by atoms with Crippen LogP contribution in [0.4, 0.5) is 0 Å². The number of nitrogens with zero attached hydrogens (tertiary/aromatic N) is 3. The molecule has 16 heavy (non-hydrogen) atoms. The highest BCUT2D eigenvalue weighted by Gasteiger charge is 2.24. The van der Waals surface area contributed by atoms with Crippen LogP contribution >= 0.6 is 0 Å². The van der Waals surface area contributed by atoms with Gasteiger partial charge in [0.05, 0.1) is 12.0 Å². The third-order valence-corrected chi connectivity index (χ3v) is 2.78. The van der Waals surface area contributed by atoms with E-state index in [4.69, 9.17) is 5.26 Å². The summed E-state index contributed by atoms with van der Waals surface area (Å²) >= 11 is 0. The Bertz CT molecular complexity index is 410. The predicted octanol–water partition coefficient (Wildman–Crippen LogP) is 1.46. The molecule has 1 aromatic heterocycles. The first-order valence-corrected chi connectivity index (χ1v) is 5.41. The normalized spacial score (nSPS) is 20.2. The number of carbonyl (C=O) groups is 1. The van der Waals surface area contributed by atoms with E-state index in [2.05, 4.69) is 11.1 Å². The smallest absolute Gasteiger partial charge is 0.272 e. The van der Waals surface area contributed by atoms with Crippen molar-refractivity contribution in [3.63, 3.8) is 0 Å². The minimum absolute atomic E-state index is 0.0265. The summed E-state index contributed by atoms with van der Waals surface area (Å²) in [4.78, 5) is 17.8. The van der Waals surface area contributed by atoms with E-state index < -0.39 is 0 Å². The van der Waals surface area contributed by atoms with Gasteiger partial charge in [-0.05, 0) is 25.0 Å². The Kier molecular flexibility index (Phi) is 3.16. The molecule has 1 fully saturated rings. The maximum atomic E-state index is 12.0. The molecule has 0 spiro atoms. The molecule has 2 heterocycles. The van der Waals surface area contributed by atoms with Crippen LogP contribution in [0, 0.1) is 17.2 Å². The van der Waals surface area contributed by atoms with Crippen molar-refractivity contribution in [3.05, 3.63) is 30.1 Å². The fraction of sp³-hybridized carbons (Fsp3) is 0.417. The number of hydrogen-bond donors (Lipinski definition) is 0. The molecule has 0 radical (unpaired) electrons. The number of carbonyl (C=O) groups excluding carboxylic acids is 1. The van der Waals surface area contributed by atoms with Crippen LogP contribution in [0.15, 0.2) is 24.4 Å². The maximum absolute atomic E-state index is 12.0. The van der Waals surface area contributed by atoms with Crippen LogP contribution in [-0.2, 0) is 0 Å². The van der Waals surface area contributed by atoms with Gasteiger partial charge in [0.25, 0.3) is 5.91 Å². The Balaban J connectivity index is 2.08. The van der Waals surface area contributed by atoms with Gasteiger partial charge in [-0.15, -0.1) is 0 Å². The Morgan fingerprint density at radius 3 is 3.12 bits per heavy atom. The van der Waals surface area contributed by atoms with E-state index in [1.807, 2.05) is 0 Å². The Morgan fingerprint density at radius 2 is 2.44 bits per heavy atom. The first kappa shape index (κ1) is 10.6. The van der Waals surface area contributed by atoms with Crippen molar-refractivity contribution in [2.45, 2.75) is 12.8 Å². The van der Waals surface area contributed by atoms with Gasteiger partial charge in [0.1, 0.15) is 5.69 Å². The zero-order chi connectivity index (χ0) is 11.4. The molecule has 2 rings (SSSR count).